The highest BCUT2D eigenvalue weighted by Gasteiger charge is 2.35. The zero-order chi connectivity index (χ0) is 16.1. The van der Waals surface area contributed by atoms with Gasteiger partial charge in [-0.2, -0.15) is 0 Å². The number of rotatable bonds is 5. The maximum absolute atomic E-state index is 10.8. The predicted octanol–water partition coefficient (Wildman–Crippen LogP) is 3.01. The molecule has 1 fully saturated rings. The van der Waals surface area contributed by atoms with Gasteiger partial charge in [-0.3, -0.25) is 4.98 Å². The van der Waals surface area contributed by atoms with Crippen molar-refractivity contribution in [3.63, 3.8) is 0 Å². The number of nitrogens with zero attached hydrogens (tertiary/aromatic N) is 1. The summed E-state index contributed by atoms with van der Waals surface area (Å²) in [5.74, 6) is 0.727. The molecule has 23 heavy (non-hydrogen) atoms. The number of pyridine rings is 1. The van der Waals surface area contributed by atoms with Crippen LogP contribution in [0.5, 0.6) is 5.75 Å². The van der Waals surface area contributed by atoms with E-state index in [9.17, 15) is 5.11 Å². The van der Waals surface area contributed by atoms with Gasteiger partial charge in [0.05, 0.1) is 11.9 Å². The minimum Gasteiger partial charge on any atom is -0.487 e. The summed E-state index contributed by atoms with van der Waals surface area (Å²) in [6.45, 7) is 0.524. The van der Waals surface area contributed by atoms with Crippen LogP contribution in [0.4, 0.5) is 0 Å². The van der Waals surface area contributed by atoms with Gasteiger partial charge in [0.1, 0.15) is 18.0 Å². The van der Waals surface area contributed by atoms with Gasteiger partial charge in [-0.15, -0.1) is 0 Å². The van der Waals surface area contributed by atoms with E-state index < -0.39 is 5.60 Å². The molecule has 4 nitrogen and oxygen atoms in total. The Kier molecular flexibility index (Phi) is 4.94. The van der Waals surface area contributed by atoms with Crippen LogP contribution in [0, 0.1) is 0 Å². The van der Waals surface area contributed by atoms with Crippen LogP contribution >= 0.6 is 0 Å². The second-order valence-electron chi connectivity index (χ2n) is 6.25. The highest BCUT2D eigenvalue weighted by atomic mass is 16.5. The Labute approximate surface area is 137 Å². The first-order chi connectivity index (χ1) is 11.2. The molecular formula is C19H24N2O2. The number of hydrogen-bond donors (Lipinski definition) is 2. The van der Waals surface area contributed by atoms with E-state index in [-0.39, 0.29) is 0 Å². The van der Waals surface area contributed by atoms with Gasteiger partial charge in [0.25, 0.3) is 0 Å². The fourth-order valence-corrected chi connectivity index (χ4v) is 3.12. The number of nitrogens with one attached hydrogen (secondary N) is 1. The molecule has 0 aliphatic heterocycles. The fourth-order valence-electron chi connectivity index (χ4n) is 3.12. The molecular weight excluding hydrogens is 288 g/mol. The second-order valence-corrected chi connectivity index (χ2v) is 6.25. The largest absolute Gasteiger partial charge is 0.487 e. The third-order valence-electron chi connectivity index (χ3n) is 4.68. The number of aliphatic hydroxyl groups is 1. The van der Waals surface area contributed by atoms with Crippen LogP contribution in [0.25, 0.3) is 0 Å². The van der Waals surface area contributed by atoms with Crippen molar-refractivity contribution in [1.29, 1.82) is 0 Å². The number of aromatic nitrogens is 1. The standard InChI is InChI=1S/C19H24N2O2/c1-20-16-9-11-19(22,12-10-16)18-8-7-17(13-21-18)23-14-15-5-3-2-4-6-15/h2-8,13,16,20,22H,9-12,14H2,1H3/t16-,19+. The zero-order valence-electron chi connectivity index (χ0n) is 13.5. The average Bonchev–Trinajstić information content (AvgIpc) is 2.62. The van der Waals surface area contributed by atoms with Crippen LogP contribution < -0.4 is 10.1 Å². The Morgan fingerprint density at radius 1 is 1.17 bits per heavy atom. The van der Waals surface area contributed by atoms with Gasteiger partial charge in [0, 0.05) is 6.04 Å². The van der Waals surface area contributed by atoms with E-state index in [1.165, 1.54) is 0 Å². The normalized spacial score (nSPS) is 24.3. The topological polar surface area (TPSA) is 54.4 Å². The maximum Gasteiger partial charge on any atom is 0.138 e. The third-order valence-corrected chi connectivity index (χ3v) is 4.68. The summed E-state index contributed by atoms with van der Waals surface area (Å²) in [5, 5.41) is 14.1. The van der Waals surface area contributed by atoms with Crippen molar-refractivity contribution in [2.75, 3.05) is 7.05 Å². The monoisotopic (exact) mass is 312 g/mol. The Morgan fingerprint density at radius 2 is 1.91 bits per heavy atom. The molecule has 0 spiro atoms. The van der Waals surface area contributed by atoms with Crippen molar-refractivity contribution in [2.45, 2.75) is 43.9 Å². The average molecular weight is 312 g/mol. The van der Waals surface area contributed by atoms with E-state index in [2.05, 4.69) is 10.3 Å². The van der Waals surface area contributed by atoms with Crippen LogP contribution in [0.15, 0.2) is 48.7 Å². The quantitative estimate of drug-likeness (QED) is 0.891. The summed E-state index contributed by atoms with van der Waals surface area (Å²) in [7, 11) is 1.98. The number of benzene rings is 1. The van der Waals surface area contributed by atoms with E-state index in [0.29, 0.717) is 12.6 Å². The van der Waals surface area contributed by atoms with Crippen molar-refractivity contribution in [1.82, 2.24) is 10.3 Å². The Bertz CT molecular complexity index is 605. The second kappa shape index (κ2) is 7.11. The molecule has 2 aromatic rings. The number of hydrogen-bond acceptors (Lipinski definition) is 4. The molecule has 0 amide bonds. The van der Waals surface area contributed by atoms with Crippen molar-refractivity contribution < 1.29 is 9.84 Å². The lowest BCUT2D eigenvalue weighted by molar-refractivity contribution is -0.0115. The Hall–Kier alpha value is -1.91. The molecule has 1 heterocycles. The van der Waals surface area contributed by atoms with Crippen LogP contribution in [-0.4, -0.2) is 23.2 Å². The van der Waals surface area contributed by atoms with E-state index in [1.54, 1.807) is 6.20 Å². The SMILES string of the molecule is CN[C@H]1CC[C@](O)(c2ccc(OCc3ccccc3)cn2)CC1. The van der Waals surface area contributed by atoms with E-state index in [0.717, 1.165) is 42.7 Å². The van der Waals surface area contributed by atoms with Crippen LogP contribution in [0.2, 0.25) is 0 Å². The zero-order valence-corrected chi connectivity index (χ0v) is 13.5. The summed E-state index contributed by atoms with van der Waals surface area (Å²) in [5.41, 5.74) is 1.07. The maximum atomic E-state index is 10.8. The van der Waals surface area contributed by atoms with Gasteiger partial charge in [-0.05, 0) is 50.4 Å². The molecule has 0 unspecified atom stereocenters. The van der Waals surface area contributed by atoms with E-state index >= 15 is 0 Å². The lowest BCUT2D eigenvalue weighted by Gasteiger charge is -2.35. The van der Waals surface area contributed by atoms with Crippen molar-refractivity contribution in [2.24, 2.45) is 0 Å². The highest BCUT2D eigenvalue weighted by Crippen LogP contribution is 2.36. The van der Waals surface area contributed by atoms with Gasteiger partial charge in [-0.1, -0.05) is 30.3 Å². The molecule has 0 radical (unpaired) electrons. The van der Waals surface area contributed by atoms with Crippen LogP contribution in [0.3, 0.4) is 0 Å². The fraction of sp³-hybridized carbons (Fsp3) is 0.421. The summed E-state index contributed by atoms with van der Waals surface area (Å²) in [6.07, 6.45) is 5.15. The van der Waals surface area contributed by atoms with E-state index in [4.69, 9.17) is 4.74 Å². The molecule has 122 valence electrons. The summed E-state index contributed by atoms with van der Waals surface area (Å²) in [6, 6.07) is 14.3. The van der Waals surface area contributed by atoms with Crippen molar-refractivity contribution in [3.05, 3.63) is 59.9 Å². The highest BCUT2D eigenvalue weighted by molar-refractivity contribution is 5.24. The molecule has 4 heteroatoms. The van der Waals surface area contributed by atoms with Crippen LogP contribution in [-0.2, 0) is 12.2 Å². The van der Waals surface area contributed by atoms with Gasteiger partial charge >= 0.3 is 0 Å². The molecule has 1 saturated carbocycles. The molecule has 2 N–H and O–H groups in total. The molecule has 1 aromatic carbocycles. The van der Waals surface area contributed by atoms with Gasteiger partial charge in [0.15, 0.2) is 0 Å². The number of ether oxygens (including phenoxy) is 1. The van der Waals surface area contributed by atoms with Gasteiger partial charge in [0.2, 0.25) is 0 Å². The van der Waals surface area contributed by atoms with Crippen molar-refractivity contribution in [3.8, 4) is 5.75 Å². The van der Waals surface area contributed by atoms with Gasteiger partial charge < -0.3 is 15.2 Å². The smallest absolute Gasteiger partial charge is 0.138 e. The third kappa shape index (κ3) is 3.89. The first-order valence-corrected chi connectivity index (χ1v) is 8.22. The molecule has 1 aromatic heterocycles. The lowest BCUT2D eigenvalue weighted by Crippen LogP contribution is -2.38. The first-order valence-electron chi connectivity index (χ1n) is 8.22. The minimum atomic E-state index is -0.800. The molecule has 0 atom stereocenters. The Balaban J connectivity index is 1.61. The minimum absolute atomic E-state index is 0.503. The van der Waals surface area contributed by atoms with Crippen molar-refractivity contribution >= 4 is 0 Å². The Morgan fingerprint density at radius 3 is 2.52 bits per heavy atom. The summed E-state index contributed by atoms with van der Waals surface area (Å²) >= 11 is 0. The summed E-state index contributed by atoms with van der Waals surface area (Å²) in [4.78, 5) is 4.44. The first kappa shape index (κ1) is 16.0. The summed E-state index contributed by atoms with van der Waals surface area (Å²) < 4.78 is 5.75. The van der Waals surface area contributed by atoms with Gasteiger partial charge in [-0.25, -0.2) is 0 Å². The van der Waals surface area contributed by atoms with E-state index in [1.807, 2.05) is 49.5 Å². The predicted molar refractivity (Wildman–Crippen MR) is 90.2 cm³/mol. The lowest BCUT2D eigenvalue weighted by atomic mass is 9.80. The molecule has 1 aliphatic rings. The molecule has 0 bridgehead atoms. The van der Waals surface area contributed by atoms with Crippen LogP contribution in [0.1, 0.15) is 36.9 Å². The molecule has 1 aliphatic carbocycles. The molecule has 0 saturated heterocycles. The molecule has 3 rings (SSSR count).